The summed E-state index contributed by atoms with van der Waals surface area (Å²) in [6, 6.07) is 79.2. The highest BCUT2D eigenvalue weighted by Gasteiger charge is 2.17. The maximum atomic E-state index is 2.37. The summed E-state index contributed by atoms with van der Waals surface area (Å²) in [7, 11) is 0. The van der Waals surface area contributed by atoms with Crippen molar-refractivity contribution < 1.29 is 0 Å². The summed E-state index contributed by atoms with van der Waals surface area (Å²) in [5.74, 6) is 0. The Morgan fingerprint density at radius 1 is 0.333 bits per heavy atom. The van der Waals surface area contributed by atoms with Gasteiger partial charge in [0.25, 0.3) is 0 Å². The summed E-state index contributed by atoms with van der Waals surface area (Å²) in [5.41, 5.74) is 14.2. The van der Waals surface area contributed by atoms with Crippen molar-refractivity contribution in [2.75, 3.05) is 4.90 Å². The SMILES string of the molecule is c1ccc(-c2ccc(N(c3ccc(-c4cccc(-c5cccc6c5sc5ccccc56)c4)cc3)c3ccc(-n4c5ccccc5c5ccccc54)cc3)cc2)cc1. The monoisotopic (exact) mass is 744 g/mol. The molecule has 0 saturated heterocycles. The molecule has 11 rings (SSSR count). The second-order valence-corrected chi connectivity index (χ2v) is 15.6. The Labute approximate surface area is 335 Å². The molecule has 0 aliphatic rings. The van der Waals surface area contributed by atoms with E-state index in [9.17, 15) is 0 Å². The number of aromatic nitrogens is 1. The topological polar surface area (TPSA) is 8.17 Å². The summed E-state index contributed by atoms with van der Waals surface area (Å²) >= 11 is 1.88. The molecule has 0 aliphatic heterocycles. The lowest BCUT2D eigenvalue weighted by molar-refractivity contribution is 1.17. The van der Waals surface area contributed by atoms with Gasteiger partial charge in [-0.3, -0.25) is 0 Å². The minimum Gasteiger partial charge on any atom is -0.311 e. The highest BCUT2D eigenvalue weighted by molar-refractivity contribution is 7.26. The van der Waals surface area contributed by atoms with Crippen molar-refractivity contribution in [3.8, 4) is 39.1 Å². The predicted octanol–water partition coefficient (Wildman–Crippen LogP) is 15.6. The standard InChI is InChI=1S/C54H36N2S/c1-2-12-37(13-3-1)38-24-28-42(29-25-38)55(44-32-34-45(35-33-44)56-51-21-7-4-16-47(51)48-17-5-8-22-52(48)56)43-30-26-39(27-31-43)40-14-10-15-41(36-40)46-19-11-20-50-49-18-6-9-23-53(49)57-54(46)50/h1-36H. The largest absolute Gasteiger partial charge is 0.311 e. The molecule has 2 nitrogen and oxygen atoms in total. The van der Waals surface area contributed by atoms with Crippen LogP contribution in [0, 0.1) is 0 Å². The van der Waals surface area contributed by atoms with Crippen LogP contribution in [0.15, 0.2) is 218 Å². The van der Waals surface area contributed by atoms with Crippen molar-refractivity contribution >= 4 is 70.4 Å². The minimum atomic E-state index is 1.10. The van der Waals surface area contributed by atoms with E-state index in [1.165, 1.54) is 75.4 Å². The third-order valence-electron chi connectivity index (χ3n) is 11.2. The quantitative estimate of drug-likeness (QED) is 0.158. The second-order valence-electron chi connectivity index (χ2n) is 14.5. The van der Waals surface area contributed by atoms with Gasteiger partial charge in [0.05, 0.1) is 11.0 Å². The van der Waals surface area contributed by atoms with E-state index < -0.39 is 0 Å². The van der Waals surface area contributed by atoms with Gasteiger partial charge in [0, 0.05) is 53.7 Å². The van der Waals surface area contributed by atoms with Crippen molar-refractivity contribution in [1.29, 1.82) is 0 Å². The van der Waals surface area contributed by atoms with E-state index in [0.29, 0.717) is 0 Å². The number of para-hydroxylation sites is 2. The smallest absolute Gasteiger partial charge is 0.0541 e. The lowest BCUT2D eigenvalue weighted by atomic mass is 9.97. The molecule has 0 radical (unpaired) electrons. The van der Waals surface area contributed by atoms with Gasteiger partial charge < -0.3 is 9.47 Å². The molecule has 0 atom stereocenters. The third kappa shape index (κ3) is 5.80. The Balaban J connectivity index is 0.974. The van der Waals surface area contributed by atoms with Crippen LogP contribution in [0.2, 0.25) is 0 Å². The molecular weight excluding hydrogens is 709 g/mol. The van der Waals surface area contributed by atoms with E-state index in [0.717, 1.165) is 22.7 Å². The Morgan fingerprint density at radius 3 is 1.47 bits per heavy atom. The summed E-state index contributed by atoms with van der Waals surface area (Å²) < 4.78 is 5.04. The molecule has 0 unspecified atom stereocenters. The maximum absolute atomic E-state index is 2.37. The van der Waals surface area contributed by atoms with Gasteiger partial charge >= 0.3 is 0 Å². The van der Waals surface area contributed by atoms with Gasteiger partial charge in [-0.1, -0.05) is 146 Å². The van der Waals surface area contributed by atoms with Crippen LogP contribution in [0.4, 0.5) is 17.1 Å². The van der Waals surface area contributed by atoms with Crippen molar-refractivity contribution in [2.24, 2.45) is 0 Å². The molecule has 0 spiro atoms. The van der Waals surface area contributed by atoms with Gasteiger partial charge in [0.1, 0.15) is 0 Å². The zero-order chi connectivity index (χ0) is 37.7. The molecule has 0 amide bonds. The number of hydrogen-bond donors (Lipinski definition) is 0. The third-order valence-corrected chi connectivity index (χ3v) is 12.4. The Morgan fingerprint density at radius 2 is 0.807 bits per heavy atom. The molecule has 0 bridgehead atoms. The lowest BCUT2D eigenvalue weighted by Gasteiger charge is -2.26. The van der Waals surface area contributed by atoms with Crippen LogP contribution in [0.1, 0.15) is 0 Å². The van der Waals surface area contributed by atoms with Crippen LogP contribution in [0.5, 0.6) is 0 Å². The van der Waals surface area contributed by atoms with Gasteiger partial charge in [-0.25, -0.2) is 0 Å². The zero-order valence-corrected chi connectivity index (χ0v) is 31.9. The first-order valence-corrected chi connectivity index (χ1v) is 20.2. The average molecular weight is 745 g/mol. The number of benzene rings is 9. The maximum Gasteiger partial charge on any atom is 0.0541 e. The first-order valence-electron chi connectivity index (χ1n) is 19.4. The van der Waals surface area contributed by atoms with Gasteiger partial charge in [0.15, 0.2) is 0 Å². The van der Waals surface area contributed by atoms with Gasteiger partial charge in [0.2, 0.25) is 0 Å². The van der Waals surface area contributed by atoms with Crippen LogP contribution < -0.4 is 4.90 Å². The molecule has 9 aromatic carbocycles. The normalized spacial score (nSPS) is 11.5. The molecule has 57 heavy (non-hydrogen) atoms. The summed E-state index contributed by atoms with van der Waals surface area (Å²) in [4.78, 5) is 2.35. The van der Waals surface area contributed by atoms with Crippen LogP contribution in [-0.2, 0) is 0 Å². The zero-order valence-electron chi connectivity index (χ0n) is 31.1. The molecule has 2 heterocycles. The molecule has 268 valence electrons. The van der Waals surface area contributed by atoms with Gasteiger partial charge in [-0.15, -0.1) is 11.3 Å². The number of rotatable bonds is 7. The molecule has 0 saturated carbocycles. The number of nitrogens with zero attached hydrogens (tertiary/aromatic N) is 2. The fraction of sp³-hybridized carbons (Fsp3) is 0. The van der Waals surface area contributed by atoms with Crippen LogP contribution >= 0.6 is 11.3 Å². The number of anilines is 3. The number of hydrogen-bond acceptors (Lipinski definition) is 2. The summed E-state index contributed by atoms with van der Waals surface area (Å²) in [6.45, 7) is 0. The predicted molar refractivity (Wildman–Crippen MR) is 245 cm³/mol. The average Bonchev–Trinajstić information content (AvgIpc) is 3.84. The number of thiophene rings is 1. The summed E-state index contributed by atoms with van der Waals surface area (Å²) in [5, 5.41) is 5.18. The van der Waals surface area contributed by atoms with E-state index >= 15 is 0 Å². The van der Waals surface area contributed by atoms with Crippen LogP contribution in [0.25, 0.3) is 81.0 Å². The van der Waals surface area contributed by atoms with E-state index in [1.54, 1.807) is 0 Å². The minimum absolute atomic E-state index is 1.10. The highest BCUT2D eigenvalue weighted by atomic mass is 32.1. The van der Waals surface area contributed by atoms with Gasteiger partial charge in [-0.2, -0.15) is 0 Å². The molecule has 11 aromatic rings. The fourth-order valence-electron chi connectivity index (χ4n) is 8.48. The molecular formula is C54H36N2S. The van der Waals surface area contributed by atoms with Crippen LogP contribution in [0.3, 0.4) is 0 Å². The van der Waals surface area contributed by atoms with Crippen molar-refractivity contribution in [2.45, 2.75) is 0 Å². The van der Waals surface area contributed by atoms with Crippen molar-refractivity contribution in [3.05, 3.63) is 218 Å². The van der Waals surface area contributed by atoms with Crippen LogP contribution in [-0.4, -0.2) is 4.57 Å². The molecule has 2 aromatic heterocycles. The van der Waals surface area contributed by atoms with E-state index in [-0.39, 0.29) is 0 Å². The Kier molecular flexibility index (Phi) is 8.04. The molecule has 0 fully saturated rings. The van der Waals surface area contributed by atoms with Crippen molar-refractivity contribution in [1.82, 2.24) is 4.57 Å². The second kappa shape index (κ2) is 13.8. The molecule has 3 heteroatoms. The Hall–Kier alpha value is -7.20. The summed E-state index contributed by atoms with van der Waals surface area (Å²) in [6.07, 6.45) is 0. The van der Waals surface area contributed by atoms with E-state index in [4.69, 9.17) is 0 Å². The molecule has 0 N–H and O–H groups in total. The van der Waals surface area contributed by atoms with E-state index in [2.05, 4.69) is 228 Å². The van der Waals surface area contributed by atoms with Crippen molar-refractivity contribution in [3.63, 3.8) is 0 Å². The Bertz CT molecular complexity index is 3160. The first-order chi connectivity index (χ1) is 28.3. The van der Waals surface area contributed by atoms with E-state index in [1.807, 2.05) is 11.3 Å². The fourth-order valence-corrected chi connectivity index (χ4v) is 9.71. The van der Waals surface area contributed by atoms with Gasteiger partial charge in [-0.05, 0) is 106 Å². The number of fused-ring (bicyclic) bond motifs is 6. The highest BCUT2D eigenvalue weighted by Crippen LogP contribution is 2.42. The first kappa shape index (κ1) is 33.2. The lowest BCUT2D eigenvalue weighted by Crippen LogP contribution is -2.10. The molecule has 0 aliphatic carbocycles.